The predicted molar refractivity (Wildman–Crippen MR) is 49.7 cm³/mol. The molecule has 0 heterocycles. The van der Waals surface area contributed by atoms with Crippen LogP contribution in [0.25, 0.3) is 0 Å². The lowest BCUT2D eigenvalue weighted by atomic mass is 10.2. The highest BCUT2D eigenvalue weighted by Gasteiger charge is 2.16. The van der Waals surface area contributed by atoms with Crippen molar-refractivity contribution in [1.29, 1.82) is 0 Å². The first-order valence-electron chi connectivity index (χ1n) is 4.13. The third-order valence-corrected chi connectivity index (χ3v) is 3.04. The molecule has 0 amide bonds. The van der Waals surface area contributed by atoms with Crippen molar-refractivity contribution in [3.05, 3.63) is 0 Å². The van der Waals surface area contributed by atoms with Crippen molar-refractivity contribution >= 4 is 9.68 Å². The standard InChI is InChI=1S/C8H20NSi/c1-7(2)6-9(10-5)8(3)4/h7-8,10H,6H2,1-5H3/q+1. The lowest BCUT2D eigenvalue weighted by molar-refractivity contribution is 0.331. The Morgan fingerprint density at radius 2 is 1.70 bits per heavy atom. The molecule has 0 radical (unpaired) electrons. The Bertz CT molecular complexity index is 81.3. The quantitative estimate of drug-likeness (QED) is 0.564. The Hall–Kier alpha value is 0.177. The summed E-state index contributed by atoms with van der Waals surface area (Å²) in [6.45, 7) is 12.7. The summed E-state index contributed by atoms with van der Waals surface area (Å²) in [7, 11) is 0.513. The van der Waals surface area contributed by atoms with E-state index in [9.17, 15) is 0 Å². The Kier molecular flexibility index (Phi) is 5.00. The summed E-state index contributed by atoms with van der Waals surface area (Å²) in [5.74, 6) is 0.815. The van der Waals surface area contributed by atoms with Crippen molar-refractivity contribution in [2.24, 2.45) is 5.92 Å². The third-order valence-electron chi connectivity index (χ3n) is 1.57. The molecule has 0 saturated heterocycles. The molecule has 0 rings (SSSR count). The Morgan fingerprint density at radius 3 is 1.80 bits per heavy atom. The number of hydrogen-bond acceptors (Lipinski definition) is 1. The van der Waals surface area contributed by atoms with Crippen LogP contribution in [0.5, 0.6) is 0 Å². The Labute approximate surface area is 67.7 Å². The van der Waals surface area contributed by atoms with E-state index in [0.29, 0.717) is 9.68 Å². The minimum absolute atomic E-state index is 0.513. The second-order valence-electron chi connectivity index (χ2n) is 3.44. The molecular weight excluding hydrogens is 138 g/mol. The van der Waals surface area contributed by atoms with Crippen molar-refractivity contribution in [3.8, 4) is 0 Å². The van der Waals surface area contributed by atoms with Crippen LogP contribution in [0.1, 0.15) is 27.7 Å². The van der Waals surface area contributed by atoms with E-state index >= 15 is 0 Å². The average Bonchev–Trinajstić information content (AvgIpc) is 1.81. The van der Waals surface area contributed by atoms with Gasteiger partial charge in [0.15, 0.2) is 0 Å². The van der Waals surface area contributed by atoms with E-state index in [4.69, 9.17) is 0 Å². The van der Waals surface area contributed by atoms with Crippen molar-refractivity contribution in [2.45, 2.75) is 40.3 Å². The van der Waals surface area contributed by atoms with E-state index in [1.165, 1.54) is 6.54 Å². The van der Waals surface area contributed by atoms with Crippen molar-refractivity contribution in [1.82, 2.24) is 4.57 Å². The minimum Gasteiger partial charge on any atom is -0.175 e. The maximum atomic E-state index is 2.57. The molecule has 0 unspecified atom stereocenters. The van der Waals surface area contributed by atoms with Crippen LogP contribution in [-0.4, -0.2) is 26.8 Å². The summed E-state index contributed by atoms with van der Waals surface area (Å²) in [5.41, 5.74) is 0. The van der Waals surface area contributed by atoms with Gasteiger partial charge in [-0.25, -0.2) is 0 Å². The molecule has 2 heteroatoms. The van der Waals surface area contributed by atoms with Crippen molar-refractivity contribution < 1.29 is 0 Å². The normalized spacial score (nSPS) is 11.6. The Balaban J connectivity index is 3.60. The van der Waals surface area contributed by atoms with Crippen LogP contribution in [0.15, 0.2) is 0 Å². The van der Waals surface area contributed by atoms with Gasteiger partial charge in [0.25, 0.3) is 0 Å². The summed E-state index contributed by atoms with van der Waals surface area (Å²) in [6.07, 6.45) is 0. The predicted octanol–water partition coefficient (Wildman–Crippen LogP) is 1.75. The molecule has 0 aromatic carbocycles. The van der Waals surface area contributed by atoms with E-state index in [1.807, 2.05) is 0 Å². The van der Waals surface area contributed by atoms with Crippen LogP contribution in [-0.2, 0) is 0 Å². The van der Waals surface area contributed by atoms with Gasteiger partial charge in [0.1, 0.15) is 0 Å². The topological polar surface area (TPSA) is 3.24 Å². The van der Waals surface area contributed by atoms with Gasteiger partial charge in [-0.15, -0.1) is 0 Å². The van der Waals surface area contributed by atoms with Crippen molar-refractivity contribution in [2.75, 3.05) is 6.54 Å². The molecule has 0 N–H and O–H groups in total. The molecule has 1 nitrogen and oxygen atoms in total. The molecule has 60 valence electrons. The minimum atomic E-state index is 0.513. The highest BCUT2D eigenvalue weighted by molar-refractivity contribution is 6.29. The largest absolute Gasteiger partial charge is 0.386 e. The van der Waals surface area contributed by atoms with Crippen molar-refractivity contribution in [3.63, 3.8) is 0 Å². The fraction of sp³-hybridized carbons (Fsp3) is 1.00. The van der Waals surface area contributed by atoms with Gasteiger partial charge in [-0.3, -0.25) is 0 Å². The van der Waals surface area contributed by atoms with E-state index < -0.39 is 0 Å². The highest BCUT2D eigenvalue weighted by Crippen LogP contribution is 2.01. The van der Waals surface area contributed by atoms with E-state index in [1.54, 1.807) is 0 Å². The molecule has 0 atom stereocenters. The third kappa shape index (κ3) is 4.07. The SMILES string of the molecule is C[SiH+]N(CC(C)C)C(C)C. The summed E-state index contributed by atoms with van der Waals surface area (Å²) in [6, 6.07) is 0.738. The zero-order valence-electron chi connectivity index (χ0n) is 7.89. The number of rotatable bonds is 4. The van der Waals surface area contributed by atoms with E-state index in [-0.39, 0.29) is 0 Å². The summed E-state index contributed by atoms with van der Waals surface area (Å²) < 4.78 is 2.57. The van der Waals surface area contributed by atoms with Gasteiger partial charge in [0.2, 0.25) is 0 Å². The van der Waals surface area contributed by atoms with Crippen LogP contribution in [0.4, 0.5) is 0 Å². The highest BCUT2D eigenvalue weighted by atomic mass is 28.2. The van der Waals surface area contributed by atoms with Crippen LogP contribution in [0.3, 0.4) is 0 Å². The van der Waals surface area contributed by atoms with Gasteiger partial charge >= 0.3 is 9.68 Å². The zero-order valence-corrected chi connectivity index (χ0v) is 9.04. The monoisotopic (exact) mass is 158 g/mol. The number of hydrogen-bond donors (Lipinski definition) is 0. The lowest BCUT2D eigenvalue weighted by Crippen LogP contribution is -2.35. The van der Waals surface area contributed by atoms with Gasteiger partial charge in [0, 0.05) is 12.6 Å². The second kappa shape index (κ2) is 4.91. The summed E-state index contributed by atoms with van der Waals surface area (Å²) in [5, 5.41) is 0. The molecule has 0 aromatic rings. The van der Waals surface area contributed by atoms with Crippen LogP contribution >= 0.6 is 0 Å². The molecule has 0 aromatic heterocycles. The maximum Gasteiger partial charge on any atom is 0.386 e. The second-order valence-corrected chi connectivity index (χ2v) is 4.62. The van der Waals surface area contributed by atoms with Crippen LogP contribution in [0, 0.1) is 5.92 Å². The van der Waals surface area contributed by atoms with Gasteiger partial charge in [-0.2, -0.15) is 4.57 Å². The molecular formula is C8H20NSi+. The van der Waals surface area contributed by atoms with Crippen LogP contribution in [0.2, 0.25) is 6.55 Å². The first-order chi connectivity index (χ1) is 4.57. The first kappa shape index (κ1) is 10.2. The number of nitrogens with zero attached hydrogens (tertiary/aromatic N) is 1. The molecule has 0 fully saturated rings. The van der Waals surface area contributed by atoms with Gasteiger partial charge in [0.05, 0.1) is 6.55 Å². The summed E-state index contributed by atoms with van der Waals surface area (Å²) >= 11 is 0. The zero-order chi connectivity index (χ0) is 8.15. The Morgan fingerprint density at radius 1 is 1.20 bits per heavy atom. The molecule has 0 saturated carbocycles. The maximum absolute atomic E-state index is 2.57. The lowest BCUT2D eigenvalue weighted by Gasteiger charge is -2.17. The molecule has 10 heavy (non-hydrogen) atoms. The fourth-order valence-electron chi connectivity index (χ4n) is 1.04. The average molecular weight is 158 g/mol. The van der Waals surface area contributed by atoms with Gasteiger partial charge in [-0.05, 0) is 19.8 Å². The van der Waals surface area contributed by atoms with E-state index in [0.717, 1.165) is 12.0 Å². The van der Waals surface area contributed by atoms with Gasteiger partial charge < -0.3 is 0 Å². The molecule has 0 bridgehead atoms. The smallest absolute Gasteiger partial charge is 0.175 e. The van der Waals surface area contributed by atoms with Crippen LogP contribution < -0.4 is 0 Å². The van der Waals surface area contributed by atoms with E-state index in [2.05, 4.69) is 38.8 Å². The first-order valence-corrected chi connectivity index (χ1v) is 5.80. The molecule has 0 spiro atoms. The fourth-order valence-corrected chi connectivity index (χ4v) is 2.26. The molecule has 0 aliphatic heterocycles. The molecule has 0 aliphatic carbocycles. The summed E-state index contributed by atoms with van der Waals surface area (Å²) in [4.78, 5) is 0. The molecule has 0 aliphatic rings. The van der Waals surface area contributed by atoms with Gasteiger partial charge in [-0.1, -0.05) is 13.8 Å².